The van der Waals surface area contributed by atoms with Crippen LogP contribution in [0.3, 0.4) is 0 Å². The third-order valence-electron chi connectivity index (χ3n) is 4.71. The molecule has 1 aliphatic carbocycles. The van der Waals surface area contributed by atoms with Gasteiger partial charge in [0.05, 0.1) is 28.5 Å². The number of nitrogens with zero attached hydrogens (tertiary/aromatic N) is 1. The number of thiazole rings is 1. The summed E-state index contributed by atoms with van der Waals surface area (Å²) in [6.07, 6.45) is 4.49. The van der Waals surface area contributed by atoms with Crippen molar-refractivity contribution in [1.82, 2.24) is 4.98 Å². The van der Waals surface area contributed by atoms with Crippen molar-refractivity contribution in [2.75, 3.05) is 17.7 Å². The third-order valence-corrected chi connectivity index (χ3v) is 7.24. The van der Waals surface area contributed by atoms with Gasteiger partial charge in [-0.2, -0.15) is 0 Å². The van der Waals surface area contributed by atoms with E-state index in [0.29, 0.717) is 22.0 Å². The molecular formula is C18H22N2O4S2. The highest BCUT2D eigenvalue weighted by Gasteiger charge is 2.25. The fourth-order valence-corrected chi connectivity index (χ4v) is 5.18. The second-order valence-electron chi connectivity index (χ2n) is 6.52. The number of aliphatic hydroxyl groups is 1. The van der Waals surface area contributed by atoms with Crippen molar-refractivity contribution in [3.63, 3.8) is 0 Å². The molecule has 6 nitrogen and oxygen atoms in total. The number of aryl methyl sites for hydroxylation is 1. The molecule has 3 rings (SSSR count). The predicted molar refractivity (Wildman–Crippen MR) is 102 cm³/mol. The second kappa shape index (κ2) is 7.85. The van der Waals surface area contributed by atoms with Gasteiger partial charge in [-0.1, -0.05) is 12.8 Å². The molecule has 0 saturated heterocycles. The average molecular weight is 395 g/mol. The van der Waals surface area contributed by atoms with Crippen LogP contribution in [0, 0.1) is 6.92 Å². The van der Waals surface area contributed by atoms with E-state index in [-0.39, 0.29) is 16.6 Å². The van der Waals surface area contributed by atoms with E-state index in [1.54, 1.807) is 18.5 Å². The second-order valence-corrected chi connectivity index (χ2v) is 9.49. The normalized spacial score (nSPS) is 15.3. The SMILES string of the molecule is Cc1cc(S(=O)(=O)CCO)ccc1NC(=O)c1scnc1C1CCCC1. The van der Waals surface area contributed by atoms with E-state index in [4.69, 9.17) is 5.11 Å². The van der Waals surface area contributed by atoms with Crippen molar-refractivity contribution < 1.29 is 18.3 Å². The molecule has 1 aromatic heterocycles. The number of hydrogen-bond donors (Lipinski definition) is 2. The van der Waals surface area contributed by atoms with Crippen LogP contribution in [0.4, 0.5) is 5.69 Å². The van der Waals surface area contributed by atoms with Crippen LogP contribution in [-0.4, -0.2) is 36.8 Å². The van der Waals surface area contributed by atoms with Crippen LogP contribution in [0.2, 0.25) is 0 Å². The molecule has 1 aromatic carbocycles. The first-order valence-corrected chi connectivity index (χ1v) is 11.1. The minimum absolute atomic E-state index is 0.145. The van der Waals surface area contributed by atoms with Crippen LogP contribution < -0.4 is 5.32 Å². The van der Waals surface area contributed by atoms with E-state index >= 15 is 0 Å². The summed E-state index contributed by atoms with van der Waals surface area (Å²) >= 11 is 1.34. The van der Waals surface area contributed by atoms with Crippen molar-refractivity contribution >= 4 is 32.8 Å². The first-order valence-electron chi connectivity index (χ1n) is 8.61. The molecular weight excluding hydrogens is 372 g/mol. The summed E-state index contributed by atoms with van der Waals surface area (Å²) < 4.78 is 24.1. The first-order chi connectivity index (χ1) is 12.4. The lowest BCUT2D eigenvalue weighted by atomic mass is 10.0. The van der Waals surface area contributed by atoms with Crippen molar-refractivity contribution in [2.45, 2.75) is 43.4 Å². The van der Waals surface area contributed by atoms with Gasteiger partial charge >= 0.3 is 0 Å². The number of nitrogens with one attached hydrogen (secondary N) is 1. The molecule has 26 heavy (non-hydrogen) atoms. The van der Waals surface area contributed by atoms with Crippen LogP contribution in [0.15, 0.2) is 28.6 Å². The fourth-order valence-electron chi connectivity index (χ4n) is 3.30. The minimum Gasteiger partial charge on any atom is -0.395 e. The lowest BCUT2D eigenvalue weighted by Gasteiger charge is -2.12. The maximum absolute atomic E-state index is 12.7. The van der Waals surface area contributed by atoms with E-state index in [0.717, 1.165) is 18.5 Å². The number of rotatable bonds is 6. The molecule has 0 radical (unpaired) electrons. The average Bonchev–Trinajstić information content (AvgIpc) is 3.27. The maximum Gasteiger partial charge on any atom is 0.267 e. The van der Waals surface area contributed by atoms with Crippen LogP contribution in [0.1, 0.15) is 52.5 Å². The molecule has 2 aromatic rings. The van der Waals surface area contributed by atoms with Crippen molar-refractivity contribution in [3.05, 3.63) is 39.8 Å². The smallest absolute Gasteiger partial charge is 0.267 e. The van der Waals surface area contributed by atoms with Crippen LogP contribution in [-0.2, 0) is 9.84 Å². The Morgan fingerprint density at radius 2 is 2.08 bits per heavy atom. The third kappa shape index (κ3) is 3.97. The Hall–Kier alpha value is -1.77. The molecule has 1 saturated carbocycles. The molecule has 0 spiro atoms. The summed E-state index contributed by atoms with van der Waals surface area (Å²) in [5.41, 5.74) is 3.82. The summed E-state index contributed by atoms with van der Waals surface area (Å²) in [5.74, 6) is -0.165. The molecule has 0 unspecified atom stereocenters. The number of carbonyl (C=O) groups excluding carboxylic acids is 1. The quantitative estimate of drug-likeness (QED) is 0.785. The van der Waals surface area contributed by atoms with Gasteiger partial charge < -0.3 is 10.4 Å². The molecule has 140 valence electrons. The minimum atomic E-state index is -3.51. The summed E-state index contributed by atoms with van der Waals surface area (Å²) in [6.45, 7) is 1.33. The number of sulfone groups is 1. The highest BCUT2D eigenvalue weighted by Crippen LogP contribution is 2.36. The number of aliphatic hydroxyl groups excluding tert-OH is 1. The van der Waals surface area contributed by atoms with Crippen LogP contribution >= 0.6 is 11.3 Å². The van der Waals surface area contributed by atoms with Gasteiger partial charge in [0.2, 0.25) is 0 Å². The lowest BCUT2D eigenvalue weighted by Crippen LogP contribution is -2.15. The Morgan fingerprint density at radius 1 is 1.35 bits per heavy atom. The summed E-state index contributed by atoms with van der Waals surface area (Å²) in [4.78, 5) is 17.9. The summed E-state index contributed by atoms with van der Waals surface area (Å²) in [7, 11) is -3.51. The molecule has 1 fully saturated rings. The van der Waals surface area contributed by atoms with E-state index in [9.17, 15) is 13.2 Å². The number of amides is 1. The monoisotopic (exact) mass is 394 g/mol. The Bertz CT molecular complexity index is 900. The first kappa shape index (κ1) is 19.0. The number of anilines is 1. The predicted octanol–water partition coefficient (Wildman–Crippen LogP) is 3.13. The largest absolute Gasteiger partial charge is 0.395 e. The molecule has 0 aliphatic heterocycles. The van der Waals surface area contributed by atoms with Gasteiger partial charge in [-0.3, -0.25) is 4.79 Å². The van der Waals surface area contributed by atoms with Crippen molar-refractivity contribution in [3.8, 4) is 0 Å². The number of hydrogen-bond acceptors (Lipinski definition) is 6. The highest BCUT2D eigenvalue weighted by atomic mass is 32.2. The van der Waals surface area contributed by atoms with Crippen molar-refractivity contribution in [1.29, 1.82) is 0 Å². The Labute approximate surface area is 157 Å². The fraction of sp³-hybridized carbons (Fsp3) is 0.444. The van der Waals surface area contributed by atoms with Gasteiger partial charge in [0, 0.05) is 11.6 Å². The Kier molecular flexibility index (Phi) is 5.74. The zero-order chi connectivity index (χ0) is 18.7. The number of benzene rings is 1. The molecule has 2 N–H and O–H groups in total. The maximum atomic E-state index is 12.7. The number of aromatic nitrogens is 1. The van der Waals surface area contributed by atoms with Gasteiger partial charge in [-0.15, -0.1) is 11.3 Å². The Morgan fingerprint density at radius 3 is 2.73 bits per heavy atom. The zero-order valence-electron chi connectivity index (χ0n) is 14.6. The summed E-state index contributed by atoms with van der Waals surface area (Å²) in [5, 5.41) is 11.8. The zero-order valence-corrected chi connectivity index (χ0v) is 16.2. The molecule has 8 heteroatoms. The van der Waals surface area contributed by atoms with Crippen LogP contribution in [0.5, 0.6) is 0 Å². The van der Waals surface area contributed by atoms with Gasteiger partial charge in [-0.05, 0) is 43.5 Å². The molecule has 0 bridgehead atoms. The van der Waals surface area contributed by atoms with Gasteiger partial charge in [0.25, 0.3) is 5.91 Å². The van der Waals surface area contributed by atoms with Gasteiger partial charge in [0.1, 0.15) is 4.88 Å². The standard InChI is InChI=1S/C18H22N2O4S2/c1-12-10-14(26(23,24)9-8-21)6-7-15(12)20-18(22)17-16(19-11-25-17)13-4-2-3-5-13/h6-7,10-11,13,21H,2-5,8-9H2,1H3,(H,20,22). The topological polar surface area (TPSA) is 96.4 Å². The lowest BCUT2D eigenvalue weighted by molar-refractivity contribution is 0.102. The van der Waals surface area contributed by atoms with E-state index < -0.39 is 16.4 Å². The molecule has 1 heterocycles. The Balaban J connectivity index is 1.79. The van der Waals surface area contributed by atoms with E-state index in [1.807, 2.05) is 0 Å². The van der Waals surface area contributed by atoms with Gasteiger partial charge in [-0.25, -0.2) is 13.4 Å². The molecule has 1 aliphatic rings. The van der Waals surface area contributed by atoms with Crippen LogP contribution in [0.25, 0.3) is 0 Å². The van der Waals surface area contributed by atoms with E-state index in [2.05, 4.69) is 10.3 Å². The van der Waals surface area contributed by atoms with Crippen molar-refractivity contribution in [2.24, 2.45) is 0 Å². The molecule has 0 atom stereocenters. The van der Waals surface area contributed by atoms with E-state index in [1.165, 1.54) is 36.3 Å². The highest BCUT2D eigenvalue weighted by molar-refractivity contribution is 7.91. The number of carbonyl (C=O) groups is 1. The molecule has 1 amide bonds. The summed E-state index contributed by atoms with van der Waals surface area (Å²) in [6, 6.07) is 4.57. The van der Waals surface area contributed by atoms with Gasteiger partial charge in [0.15, 0.2) is 9.84 Å².